The van der Waals surface area contributed by atoms with E-state index in [9.17, 15) is 28.4 Å². The second-order valence-corrected chi connectivity index (χ2v) is 10.9. The number of carbonyl (C=O) groups is 3. The van der Waals surface area contributed by atoms with Crippen LogP contribution in [0.4, 0.5) is 8.78 Å². The summed E-state index contributed by atoms with van der Waals surface area (Å²) in [5, 5.41) is 15.5. The van der Waals surface area contributed by atoms with Gasteiger partial charge in [-0.05, 0) is 35.1 Å². The van der Waals surface area contributed by atoms with Crippen molar-refractivity contribution in [3.05, 3.63) is 41.7 Å². The van der Waals surface area contributed by atoms with E-state index >= 15 is 0 Å². The molecule has 3 rings (SSSR count). The summed E-state index contributed by atoms with van der Waals surface area (Å²) in [4.78, 5) is 44.6. The Hall–Kier alpha value is -3.61. The summed E-state index contributed by atoms with van der Waals surface area (Å²) in [5.41, 5.74) is -0.391. The fourth-order valence-corrected chi connectivity index (χ4v) is 4.96. The third-order valence-electron chi connectivity index (χ3n) is 6.90. The number of fused-ring (bicyclic) bond motifs is 1. The molecule has 8 nitrogen and oxygen atoms in total. The third-order valence-corrected chi connectivity index (χ3v) is 6.90. The number of rotatable bonds is 6. The summed E-state index contributed by atoms with van der Waals surface area (Å²) in [6.07, 6.45) is 3.07. The van der Waals surface area contributed by atoms with Crippen molar-refractivity contribution in [1.82, 2.24) is 20.5 Å². The smallest absolute Gasteiger partial charge is 0.246 e. The molecule has 1 aromatic heterocycles. The van der Waals surface area contributed by atoms with Crippen molar-refractivity contribution in [2.45, 2.75) is 66.1 Å². The Labute approximate surface area is 215 Å². The first-order valence-corrected chi connectivity index (χ1v) is 12.3. The average molecular weight is 514 g/mol. The molecular weight excluding hydrogens is 480 g/mol. The van der Waals surface area contributed by atoms with E-state index in [2.05, 4.69) is 15.6 Å². The molecule has 198 valence electrons. The highest BCUT2D eigenvalue weighted by molar-refractivity contribution is 5.94. The lowest BCUT2D eigenvalue weighted by molar-refractivity contribution is -0.144. The summed E-state index contributed by atoms with van der Waals surface area (Å²) in [6, 6.07) is 1.37. The second kappa shape index (κ2) is 10.8. The normalized spacial score (nSPS) is 19.4. The molecule has 1 fully saturated rings. The van der Waals surface area contributed by atoms with Crippen molar-refractivity contribution in [3.63, 3.8) is 0 Å². The van der Waals surface area contributed by atoms with E-state index in [-0.39, 0.29) is 40.0 Å². The molecule has 0 spiro atoms. The number of carbonyl (C=O) groups excluding carboxylic acids is 3. The first kappa shape index (κ1) is 28.0. The van der Waals surface area contributed by atoms with Crippen LogP contribution in [0.5, 0.6) is 0 Å². The van der Waals surface area contributed by atoms with Crippen LogP contribution in [0.2, 0.25) is 0 Å². The SMILES string of the molecule is CC(=O)N[C@H](C(=O)N1CCC(C(C)C)[C@H]1C(=O)NC(C#N)c1cncc2c(F)c(F)ccc12)C(C)(C)C. The lowest BCUT2D eigenvalue weighted by Crippen LogP contribution is -2.58. The summed E-state index contributed by atoms with van der Waals surface area (Å²) in [6.45, 7) is 11.1. The number of likely N-dealkylation sites (tertiary alicyclic amines) is 1. The molecular formula is C27H33F2N5O3. The maximum absolute atomic E-state index is 14.3. The first-order valence-electron chi connectivity index (χ1n) is 12.3. The van der Waals surface area contributed by atoms with Gasteiger partial charge < -0.3 is 15.5 Å². The Balaban J connectivity index is 1.97. The van der Waals surface area contributed by atoms with Crippen LogP contribution < -0.4 is 10.6 Å². The lowest BCUT2D eigenvalue weighted by atomic mass is 9.84. The molecule has 2 unspecified atom stereocenters. The van der Waals surface area contributed by atoms with Crippen molar-refractivity contribution in [2.24, 2.45) is 17.3 Å². The lowest BCUT2D eigenvalue weighted by Gasteiger charge is -2.36. The van der Waals surface area contributed by atoms with Crippen molar-refractivity contribution < 1.29 is 23.2 Å². The minimum absolute atomic E-state index is 0.0548. The zero-order chi connectivity index (χ0) is 27.7. The molecule has 1 saturated heterocycles. The van der Waals surface area contributed by atoms with Crippen molar-refractivity contribution >= 4 is 28.5 Å². The van der Waals surface area contributed by atoms with Crippen molar-refractivity contribution in [1.29, 1.82) is 5.26 Å². The molecule has 1 aliphatic heterocycles. The Kier molecular flexibility index (Phi) is 8.16. The number of hydrogen-bond donors (Lipinski definition) is 2. The monoisotopic (exact) mass is 513 g/mol. The molecule has 0 radical (unpaired) electrons. The Bertz CT molecular complexity index is 1250. The zero-order valence-electron chi connectivity index (χ0n) is 21.9. The average Bonchev–Trinajstić information content (AvgIpc) is 3.27. The van der Waals surface area contributed by atoms with Crippen LogP contribution in [-0.2, 0) is 14.4 Å². The van der Waals surface area contributed by atoms with E-state index in [1.807, 2.05) is 40.7 Å². The standard InChI is InChI=1S/C27H33F2N5O3/c1-14(2)16-9-10-34(26(37)24(27(4,5)6)32-15(3)35)23(16)25(36)33-21(11-30)18-12-31-13-19-17(18)7-8-20(28)22(19)29/h7-8,12-14,16,21,23-24H,9-10H2,1-6H3,(H,32,35)(H,33,36)/t16?,21?,23-,24+/m0/s1. The van der Waals surface area contributed by atoms with E-state index in [1.54, 1.807) is 0 Å². The quantitative estimate of drug-likeness (QED) is 0.612. The molecule has 4 atom stereocenters. The number of hydrogen-bond acceptors (Lipinski definition) is 5. The largest absolute Gasteiger partial charge is 0.344 e. The van der Waals surface area contributed by atoms with Gasteiger partial charge in [0.1, 0.15) is 18.1 Å². The molecule has 0 bridgehead atoms. The Morgan fingerprint density at radius 2 is 1.81 bits per heavy atom. The molecule has 0 saturated carbocycles. The van der Waals surface area contributed by atoms with E-state index in [0.29, 0.717) is 13.0 Å². The molecule has 0 aliphatic carbocycles. The molecule has 1 aromatic carbocycles. The van der Waals surface area contributed by atoms with Gasteiger partial charge in [0.25, 0.3) is 0 Å². The number of nitrogens with zero attached hydrogens (tertiary/aromatic N) is 3. The predicted octanol–water partition coefficient (Wildman–Crippen LogP) is 3.62. The van der Waals surface area contributed by atoms with Crippen LogP contribution in [-0.4, -0.2) is 46.2 Å². The number of nitriles is 1. The summed E-state index contributed by atoms with van der Waals surface area (Å²) in [7, 11) is 0. The topological polar surface area (TPSA) is 115 Å². The van der Waals surface area contributed by atoms with Gasteiger partial charge in [0, 0.05) is 36.8 Å². The van der Waals surface area contributed by atoms with E-state index in [4.69, 9.17) is 0 Å². The maximum atomic E-state index is 14.3. The zero-order valence-corrected chi connectivity index (χ0v) is 21.9. The summed E-state index contributed by atoms with van der Waals surface area (Å²) >= 11 is 0. The van der Waals surface area contributed by atoms with E-state index < -0.39 is 41.1 Å². The van der Waals surface area contributed by atoms with Crippen LogP contribution in [0.3, 0.4) is 0 Å². The molecule has 10 heteroatoms. The van der Waals surface area contributed by atoms with Crippen LogP contribution in [0.15, 0.2) is 24.5 Å². The summed E-state index contributed by atoms with van der Waals surface area (Å²) < 4.78 is 28.1. The molecule has 1 aliphatic rings. The Morgan fingerprint density at radius 1 is 1.14 bits per heavy atom. The first-order chi connectivity index (χ1) is 17.3. The highest BCUT2D eigenvalue weighted by Crippen LogP contribution is 2.34. The van der Waals surface area contributed by atoms with Gasteiger partial charge in [-0.2, -0.15) is 5.26 Å². The van der Waals surface area contributed by atoms with Gasteiger partial charge >= 0.3 is 0 Å². The molecule has 37 heavy (non-hydrogen) atoms. The van der Waals surface area contributed by atoms with E-state index in [1.165, 1.54) is 24.1 Å². The predicted molar refractivity (Wildman–Crippen MR) is 134 cm³/mol. The fraction of sp³-hybridized carbons (Fsp3) is 0.519. The number of benzene rings is 1. The van der Waals surface area contributed by atoms with Gasteiger partial charge in [-0.25, -0.2) is 8.78 Å². The molecule has 2 aromatic rings. The van der Waals surface area contributed by atoms with E-state index in [0.717, 1.165) is 12.3 Å². The van der Waals surface area contributed by atoms with Crippen LogP contribution >= 0.6 is 0 Å². The minimum Gasteiger partial charge on any atom is -0.344 e. The highest BCUT2D eigenvalue weighted by Gasteiger charge is 2.47. The van der Waals surface area contributed by atoms with Gasteiger partial charge in [-0.3, -0.25) is 19.4 Å². The number of nitrogens with one attached hydrogen (secondary N) is 2. The molecule has 3 amide bonds. The van der Waals surface area contributed by atoms with Crippen LogP contribution in [0, 0.1) is 40.2 Å². The molecule has 2 N–H and O–H groups in total. The maximum Gasteiger partial charge on any atom is 0.246 e. The van der Waals surface area contributed by atoms with Gasteiger partial charge in [0.15, 0.2) is 11.6 Å². The van der Waals surface area contributed by atoms with Crippen LogP contribution in [0.25, 0.3) is 10.8 Å². The fourth-order valence-electron chi connectivity index (χ4n) is 4.96. The minimum atomic E-state index is -1.22. The number of amides is 3. The van der Waals surface area contributed by atoms with Gasteiger partial charge in [0.05, 0.1) is 6.07 Å². The van der Waals surface area contributed by atoms with Gasteiger partial charge in [-0.1, -0.05) is 40.7 Å². The molecule has 2 heterocycles. The van der Waals surface area contributed by atoms with Gasteiger partial charge in [0.2, 0.25) is 17.7 Å². The van der Waals surface area contributed by atoms with Gasteiger partial charge in [-0.15, -0.1) is 0 Å². The number of pyridine rings is 1. The Morgan fingerprint density at radius 3 is 2.38 bits per heavy atom. The number of halogens is 2. The highest BCUT2D eigenvalue weighted by atomic mass is 19.2. The van der Waals surface area contributed by atoms with Crippen LogP contribution in [0.1, 0.15) is 59.6 Å². The van der Waals surface area contributed by atoms with Crippen molar-refractivity contribution in [3.8, 4) is 6.07 Å². The third kappa shape index (κ3) is 5.71. The van der Waals surface area contributed by atoms with Crippen molar-refractivity contribution in [2.75, 3.05) is 6.54 Å². The second-order valence-electron chi connectivity index (χ2n) is 10.9. The summed E-state index contributed by atoms with van der Waals surface area (Å²) in [5.74, 6) is -3.52. The number of aromatic nitrogens is 1.